The molecule has 0 bridgehead atoms. The van der Waals surface area contributed by atoms with Crippen LogP contribution in [0.5, 0.6) is 5.75 Å². The predicted octanol–water partition coefficient (Wildman–Crippen LogP) is 4.46. The highest BCUT2D eigenvalue weighted by atomic mass is 32.1. The van der Waals surface area contributed by atoms with Gasteiger partial charge in [-0.15, -0.1) is 0 Å². The van der Waals surface area contributed by atoms with Crippen LogP contribution in [-0.4, -0.2) is 29.8 Å². The second-order valence-electron chi connectivity index (χ2n) is 6.94. The molecule has 0 spiro atoms. The molecule has 1 amide bonds. The average Bonchev–Trinajstić information content (AvgIpc) is 3.04. The SMILES string of the molecule is CC(F)(F)c1cccc(CC(=O)C2C(=O)N(c3ccc(OC(F)F)cc3)N=C2CS)c1. The van der Waals surface area contributed by atoms with Crippen LogP contribution in [0.3, 0.4) is 0 Å². The van der Waals surface area contributed by atoms with Gasteiger partial charge < -0.3 is 4.74 Å². The molecule has 2 aromatic rings. The Labute approximate surface area is 181 Å². The fourth-order valence-electron chi connectivity index (χ4n) is 3.16. The van der Waals surface area contributed by atoms with Gasteiger partial charge in [-0.05, 0) is 35.9 Å². The molecule has 0 saturated heterocycles. The zero-order valence-electron chi connectivity index (χ0n) is 16.3. The summed E-state index contributed by atoms with van der Waals surface area (Å²) < 4.78 is 56.0. The molecule has 10 heteroatoms. The zero-order chi connectivity index (χ0) is 22.8. The van der Waals surface area contributed by atoms with Gasteiger partial charge in [0.05, 0.1) is 11.4 Å². The van der Waals surface area contributed by atoms with Gasteiger partial charge in [0.1, 0.15) is 11.7 Å². The monoisotopic (exact) mass is 454 g/mol. The molecule has 0 fully saturated rings. The summed E-state index contributed by atoms with van der Waals surface area (Å²) in [6, 6.07) is 10.7. The van der Waals surface area contributed by atoms with Gasteiger partial charge in [0.2, 0.25) is 0 Å². The first kappa shape index (κ1) is 22.8. The summed E-state index contributed by atoms with van der Waals surface area (Å²) in [7, 11) is 0. The molecule has 1 heterocycles. The Hall–Kier alpha value is -2.88. The number of benzene rings is 2. The molecule has 0 aromatic heterocycles. The number of Topliss-reactive ketones (excluding diaryl/α,β-unsaturated/α-hetero) is 1. The van der Waals surface area contributed by atoms with Crippen molar-refractivity contribution in [3.63, 3.8) is 0 Å². The Morgan fingerprint density at radius 1 is 1.23 bits per heavy atom. The lowest BCUT2D eigenvalue weighted by Gasteiger charge is -2.15. The van der Waals surface area contributed by atoms with Crippen molar-refractivity contribution in [2.45, 2.75) is 25.9 Å². The quantitative estimate of drug-likeness (QED) is 0.364. The minimum absolute atomic E-state index is 0.0261. The molecule has 1 aliphatic rings. The fourth-order valence-corrected chi connectivity index (χ4v) is 3.40. The maximum atomic E-state index is 13.6. The van der Waals surface area contributed by atoms with Crippen LogP contribution in [0.15, 0.2) is 53.6 Å². The molecule has 0 N–H and O–H groups in total. The average molecular weight is 454 g/mol. The van der Waals surface area contributed by atoms with E-state index in [1.54, 1.807) is 0 Å². The number of halogens is 4. The molecule has 164 valence electrons. The minimum atomic E-state index is -3.06. The molecule has 0 aliphatic carbocycles. The number of hydrazone groups is 1. The van der Waals surface area contributed by atoms with E-state index in [-0.39, 0.29) is 34.9 Å². The number of rotatable bonds is 8. The van der Waals surface area contributed by atoms with Crippen molar-refractivity contribution in [1.29, 1.82) is 0 Å². The van der Waals surface area contributed by atoms with E-state index in [0.29, 0.717) is 5.56 Å². The van der Waals surface area contributed by atoms with Crippen molar-refractivity contribution < 1.29 is 31.9 Å². The summed E-state index contributed by atoms with van der Waals surface area (Å²) in [4.78, 5) is 25.7. The highest BCUT2D eigenvalue weighted by molar-refractivity contribution is 7.81. The van der Waals surface area contributed by atoms with Crippen molar-refractivity contribution in [2.75, 3.05) is 10.8 Å². The summed E-state index contributed by atoms with van der Waals surface area (Å²) >= 11 is 4.13. The number of amides is 1. The number of carbonyl (C=O) groups excluding carboxylic acids is 2. The lowest BCUT2D eigenvalue weighted by atomic mass is 9.93. The molecule has 2 aromatic carbocycles. The summed E-state index contributed by atoms with van der Waals surface area (Å²) in [6.07, 6.45) is -0.234. The molecule has 1 atom stereocenters. The molecular formula is C21H18F4N2O3S. The number of thiol groups is 1. The van der Waals surface area contributed by atoms with Crippen LogP contribution in [0, 0.1) is 5.92 Å². The smallest absolute Gasteiger partial charge is 0.387 e. The van der Waals surface area contributed by atoms with Crippen LogP contribution in [0.1, 0.15) is 18.1 Å². The second kappa shape index (κ2) is 9.09. The van der Waals surface area contributed by atoms with Gasteiger partial charge in [0.15, 0.2) is 5.78 Å². The lowest BCUT2D eigenvalue weighted by molar-refractivity contribution is -0.128. The van der Waals surface area contributed by atoms with Crippen molar-refractivity contribution in [1.82, 2.24) is 0 Å². The standard InChI is InChI=1S/C21H18F4N2O3S/c1-21(24,25)13-4-2-3-12(9-13)10-17(28)18-16(11-31)26-27(19(18)29)14-5-7-15(8-6-14)30-20(22)23/h2-9,18,20,31H,10-11H2,1H3. The topological polar surface area (TPSA) is 59.0 Å². The Morgan fingerprint density at radius 3 is 2.48 bits per heavy atom. The Bertz CT molecular complexity index is 1010. The third kappa shape index (κ3) is 5.25. The van der Waals surface area contributed by atoms with Crippen LogP contribution >= 0.6 is 12.6 Å². The number of ketones is 1. The maximum absolute atomic E-state index is 13.6. The van der Waals surface area contributed by atoms with Crippen LogP contribution in [0.2, 0.25) is 0 Å². The predicted molar refractivity (Wildman–Crippen MR) is 110 cm³/mol. The third-order valence-electron chi connectivity index (χ3n) is 4.62. The molecule has 31 heavy (non-hydrogen) atoms. The first-order chi connectivity index (χ1) is 14.6. The molecule has 3 rings (SSSR count). The number of carbonyl (C=O) groups is 2. The highest BCUT2D eigenvalue weighted by Crippen LogP contribution is 2.30. The molecule has 0 radical (unpaired) electrons. The Morgan fingerprint density at radius 2 is 1.90 bits per heavy atom. The van der Waals surface area contributed by atoms with E-state index in [9.17, 15) is 27.2 Å². The van der Waals surface area contributed by atoms with Gasteiger partial charge >= 0.3 is 6.61 Å². The summed E-state index contributed by atoms with van der Waals surface area (Å²) in [5.41, 5.74) is 0.589. The number of hydrogen-bond donors (Lipinski definition) is 1. The fraction of sp³-hybridized carbons (Fsp3) is 0.286. The number of hydrogen-bond acceptors (Lipinski definition) is 5. The van der Waals surface area contributed by atoms with Crippen LogP contribution in [-0.2, 0) is 21.9 Å². The largest absolute Gasteiger partial charge is 0.435 e. The maximum Gasteiger partial charge on any atom is 0.387 e. The van der Waals surface area contributed by atoms with E-state index in [1.165, 1.54) is 48.5 Å². The Balaban J connectivity index is 1.79. The van der Waals surface area contributed by atoms with Gasteiger partial charge in [0.25, 0.3) is 11.8 Å². The van der Waals surface area contributed by atoms with Crippen LogP contribution < -0.4 is 9.75 Å². The number of ether oxygens (including phenoxy) is 1. The van der Waals surface area contributed by atoms with E-state index < -0.39 is 30.1 Å². The van der Waals surface area contributed by atoms with Gasteiger partial charge in [-0.3, -0.25) is 9.59 Å². The molecular weight excluding hydrogens is 436 g/mol. The summed E-state index contributed by atoms with van der Waals surface area (Å²) in [5.74, 6) is -5.47. The van der Waals surface area contributed by atoms with E-state index in [0.717, 1.165) is 11.9 Å². The van der Waals surface area contributed by atoms with Gasteiger partial charge in [-0.1, -0.05) is 18.2 Å². The number of anilines is 1. The van der Waals surface area contributed by atoms with Crippen molar-refractivity contribution in [2.24, 2.45) is 11.0 Å². The summed E-state index contributed by atoms with van der Waals surface area (Å²) in [6.45, 7) is -2.23. The Kier molecular flexibility index (Phi) is 6.68. The number of nitrogens with zero attached hydrogens (tertiary/aromatic N) is 2. The zero-order valence-corrected chi connectivity index (χ0v) is 17.2. The van der Waals surface area contributed by atoms with E-state index in [4.69, 9.17) is 0 Å². The van der Waals surface area contributed by atoms with Gasteiger partial charge in [-0.25, -0.2) is 8.78 Å². The molecule has 1 unspecified atom stereocenters. The van der Waals surface area contributed by atoms with E-state index in [1.807, 2.05) is 0 Å². The van der Waals surface area contributed by atoms with Gasteiger partial charge in [-0.2, -0.15) is 31.5 Å². The van der Waals surface area contributed by atoms with E-state index in [2.05, 4.69) is 22.5 Å². The molecule has 0 saturated carbocycles. The van der Waals surface area contributed by atoms with Gasteiger partial charge in [0, 0.05) is 24.7 Å². The van der Waals surface area contributed by atoms with Crippen LogP contribution in [0.25, 0.3) is 0 Å². The normalized spacial score (nSPS) is 16.6. The first-order valence-electron chi connectivity index (χ1n) is 9.17. The number of alkyl halides is 4. The summed E-state index contributed by atoms with van der Waals surface area (Å²) in [5, 5.41) is 5.14. The van der Waals surface area contributed by atoms with Crippen molar-refractivity contribution in [3.05, 3.63) is 59.7 Å². The van der Waals surface area contributed by atoms with Crippen molar-refractivity contribution >= 4 is 35.7 Å². The third-order valence-corrected chi connectivity index (χ3v) is 4.94. The van der Waals surface area contributed by atoms with Crippen LogP contribution in [0.4, 0.5) is 23.2 Å². The second-order valence-corrected chi connectivity index (χ2v) is 7.25. The highest BCUT2D eigenvalue weighted by Gasteiger charge is 2.40. The molecule has 5 nitrogen and oxygen atoms in total. The van der Waals surface area contributed by atoms with E-state index >= 15 is 0 Å². The minimum Gasteiger partial charge on any atom is -0.435 e. The first-order valence-corrected chi connectivity index (χ1v) is 9.80. The van der Waals surface area contributed by atoms with Crippen molar-refractivity contribution in [3.8, 4) is 5.75 Å². The molecule has 1 aliphatic heterocycles. The lowest BCUT2D eigenvalue weighted by Crippen LogP contribution is -2.34.